The Labute approximate surface area is 155 Å². The first-order chi connectivity index (χ1) is 11.5. The molecule has 0 bridgehead atoms. The Hall–Kier alpha value is -1.72. The Bertz CT molecular complexity index is 691. The molecule has 1 atom stereocenters. The van der Waals surface area contributed by atoms with Crippen LogP contribution in [0.4, 0.5) is 5.69 Å². The molecule has 0 heterocycles. The van der Waals surface area contributed by atoms with E-state index in [1.165, 1.54) is 0 Å². The topological polar surface area (TPSA) is 47.6 Å². The second-order valence-corrected chi connectivity index (χ2v) is 6.56. The zero-order valence-electron chi connectivity index (χ0n) is 13.5. The van der Waals surface area contributed by atoms with Gasteiger partial charge in [-0.05, 0) is 71.7 Å². The lowest BCUT2D eigenvalue weighted by Crippen LogP contribution is -2.20. The molecule has 6 heteroatoms. The number of anilines is 1. The van der Waals surface area contributed by atoms with Crippen molar-refractivity contribution in [3.05, 3.63) is 52.0 Å². The SMILES string of the molecule is CCC(C)Oc1ccc(NC(=O)COc2ccc(Cl)cc2Br)cc1. The van der Waals surface area contributed by atoms with Crippen LogP contribution in [0.3, 0.4) is 0 Å². The van der Waals surface area contributed by atoms with Gasteiger partial charge in [0.15, 0.2) is 6.61 Å². The highest BCUT2D eigenvalue weighted by molar-refractivity contribution is 9.10. The van der Waals surface area contributed by atoms with Crippen molar-refractivity contribution in [3.63, 3.8) is 0 Å². The molecule has 128 valence electrons. The maximum absolute atomic E-state index is 12.0. The van der Waals surface area contributed by atoms with E-state index in [2.05, 4.69) is 28.2 Å². The van der Waals surface area contributed by atoms with Crippen molar-refractivity contribution in [1.82, 2.24) is 0 Å². The molecule has 0 saturated heterocycles. The Morgan fingerprint density at radius 3 is 2.58 bits per heavy atom. The van der Waals surface area contributed by atoms with Gasteiger partial charge in [-0.1, -0.05) is 18.5 Å². The summed E-state index contributed by atoms with van der Waals surface area (Å²) in [6.07, 6.45) is 1.10. The monoisotopic (exact) mass is 411 g/mol. The first-order valence-corrected chi connectivity index (χ1v) is 8.79. The molecule has 1 amide bonds. The van der Waals surface area contributed by atoms with E-state index < -0.39 is 0 Å². The van der Waals surface area contributed by atoms with E-state index >= 15 is 0 Å². The van der Waals surface area contributed by atoms with Crippen molar-refractivity contribution >= 4 is 39.1 Å². The summed E-state index contributed by atoms with van der Waals surface area (Å²) in [7, 11) is 0. The Morgan fingerprint density at radius 1 is 1.25 bits per heavy atom. The van der Waals surface area contributed by atoms with Crippen LogP contribution in [0.15, 0.2) is 46.9 Å². The minimum Gasteiger partial charge on any atom is -0.491 e. The summed E-state index contributed by atoms with van der Waals surface area (Å²) in [6.45, 7) is 3.99. The van der Waals surface area contributed by atoms with Crippen LogP contribution in [0, 0.1) is 0 Å². The van der Waals surface area contributed by atoms with E-state index in [0.717, 1.165) is 12.2 Å². The number of carbonyl (C=O) groups is 1. The van der Waals surface area contributed by atoms with Gasteiger partial charge in [0.05, 0.1) is 10.6 Å². The summed E-state index contributed by atoms with van der Waals surface area (Å²) in [4.78, 5) is 12.0. The molecular weight excluding hydrogens is 394 g/mol. The molecule has 0 fully saturated rings. The van der Waals surface area contributed by atoms with Gasteiger partial charge in [0.2, 0.25) is 0 Å². The van der Waals surface area contributed by atoms with Gasteiger partial charge in [-0.3, -0.25) is 4.79 Å². The molecule has 0 aromatic heterocycles. The standard InChI is InChI=1S/C18H19BrClNO3/c1-3-12(2)24-15-7-5-14(6-8-15)21-18(22)11-23-17-9-4-13(20)10-16(17)19/h4-10,12H,3,11H2,1-2H3,(H,21,22). The highest BCUT2D eigenvalue weighted by atomic mass is 79.9. The number of halogens is 2. The van der Waals surface area contributed by atoms with Crippen LogP contribution in [-0.2, 0) is 4.79 Å². The smallest absolute Gasteiger partial charge is 0.262 e. The quantitative estimate of drug-likeness (QED) is 0.671. The molecule has 0 aliphatic rings. The average molecular weight is 413 g/mol. The summed E-state index contributed by atoms with van der Waals surface area (Å²) in [5, 5.41) is 3.37. The van der Waals surface area contributed by atoms with E-state index in [4.69, 9.17) is 21.1 Å². The number of carbonyl (C=O) groups excluding carboxylic acids is 1. The van der Waals surface area contributed by atoms with Crippen molar-refractivity contribution in [2.75, 3.05) is 11.9 Å². The summed E-state index contributed by atoms with van der Waals surface area (Å²) in [6, 6.07) is 12.4. The number of amides is 1. The number of ether oxygens (including phenoxy) is 2. The van der Waals surface area contributed by atoms with Crippen LogP contribution in [0.5, 0.6) is 11.5 Å². The molecule has 1 N–H and O–H groups in total. The number of nitrogens with one attached hydrogen (secondary N) is 1. The van der Waals surface area contributed by atoms with Crippen LogP contribution in [-0.4, -0.2) is 18.6 Å². The van der Waals surface area contributed by atoms with Gasteiger partial charge in [-0.2, -0.15) is 0 Å². The third-order valence-corrected chi connectivity index (χ3v) is 4.16. The van der Waals surface area contributed by atoms with Crippen LogP contribution in [0.1, 0.15) is 20.3 Å². The van der Waals surface area contributed by atoms with Gasteiger partial charge in [0, 0.05) is 10.7 Å². The molecule has 2 rings (SSSR count). The molecule has 2 aromatic rings. The normalized spacial score (nSPS) is 11.7. The lowest BCUT2D eigenvalue weighted by atomic mass is 10.3. The fraction of sp³-hybridized carbons (Fsp3) is 0.278. The second kappa shape index (κ2) is 8.94. The third-order valence-electron chi connectivity index (χ3n) is 3.30. The molecule has 0 spiro atoms. The molecule has 0 aliphatic heterocycles. The van der Waals surface area contributed by atoms with Crippen molar-refractivity contribution in [3.8, 4) is 11.5 Å². The predicted octanol–water partition coefficient (Wildman–Crippen LogP) is 5.30. The van der Waals surface area contributed by atoms with Crippen molar-refractivity contribution < 1.29 is 14.3 Å². The van der Waals surface area contributed by atoms with E-state index in [1.807, 2.05) is 19.1 Å². The van der Waals surface area contributed by atoms with Gasteiger partial charge in [0.25, 0.3) is 5.91 Å². The van der Waals surface area contributed by atoms with Crippen molar-refractivity contribution in [2.45, 2.75) is 26.4 Å². The van der Waals surface area contributed by atoms with Crippen molar-refractivity contribution in [1.29, 1.82) is 0 Å². The van der Waals surface area contributed by atoms with Gasteiger partial charge in [-0.15, -0.1) is 0 Å². The van der Waals surface area contributed by atoms with E-state index in [0.29, 0.717) is 20.9 Å². The van der Waals surface area contributed by atoms with Crippen LogP contribution in [0.25, 0.3) is 0 Å². The number of benzene rings is 2. The fourth-order valence-corrected chi connectivity index (χ4v) is 2.66. The molecule has 0 saturated carbocycles. The second-order valence-electron chi connectivity index (χ2n) is 5.27. The van der Waals surface area contributed by atoms with Gasteiger partial charge < -0.3 is 14.8 Å². The maximum Gasteiger partial charge on any atom is 0.262 e. The minimum atomic E-state index is -0.243. The zero-order chi connectivity index (χ0) is 17.5. The summed E-state index contributed by atoms with van der Waals surface area (Å²) >= 11 is 9.21. The van der Waals surface area contributed by atoms with Gasteiger partial charge in [0.1, 0.15) is 11.5 Å². The highest BCUT2D eigenvalue weighted by Gasteiger charge is 2.07. The van der Waals surface area contributed by atoms with E-state index in [1.54, 1.807) is 30.3 Å². The molecular formula is C18H19BrClNO3. The Kier molecular flexibility index (Phi) is 6.94. The van der Waals surface area contributed by atoms with E-state index in [-0.39, 0.29) is 18.6 Å². The third kappa shape index (κ3) is 5.73. The summed E-state index contributed by atoms with van der Waals surface area (Å²) < 4.78 is 11.9. The number of rotatable bonds is 7. The fourth-order valence-electron chi connectivity index (χ4n) is 1.87. The average Bonchev–Trinajstić information content (AvgIpc) is 2.55. The van der Waals surface area contributed by atoms with Crippen molar-refractivity contribution in [2.24, 2.45) is 0 Å². The predicted molar refractivity (Wildman–Crippen MR) is 100 cm³/mol. The molecule has 0 radical (unpaired) electrons. The van der Waals surface area contributed by atoms with Gasteiger partial charge >= 0.3 is 0 Å². The number of hydrogen-bond donors (Lipinski definition) is 1. The lowest BCUT2D eigenvalue weighted by molar-refractivity contribution is -0.118. The molecule has 24 heavy (non-hydrogen) atoms. The minimum absolute atomic E-state index is 0.0919. The van der Waals surface area contributed by atoms with E-state index in [9.17, 15) is 4.79 Å². The Balaban J connectivity index is 1.85. The van der Waals surface area contributed by atoms with Gasteiger partial charge in [-0.25, -0.2) is 0 Å². The molecule has 0 aliphatic carbocycles. The summed E-state index contributed by atoms with van der Waals surface area (Å²) in [5.74, 6) is 1.10. The zero-order valence-corrected chi connectivity index (χ0v) is 15.9. The molecule has 2 aromatic carbocycles. The molecule has 4 nitrogen and oxygen atoms in total. The van der Waals surface area contributed by atoms with Crippen LogP contribution >= 0.6 is 27.5 Å². The van der Waals surface area contributed by atoms with Crippen LogP contribution in [0.2, 0.25) is 5.02 Å². The van der Waals surface area contributed by atoms with Crippen LogP contribution < -0.4 is 14.8 Å². The maximum atomic E-state index is 12.0. The largest absolute Gasteiger partial charge is 0.491 e. The first kappa shape index (κ1) is 18.6. The lowest BCUT2D eigenvalue weighted by Gasteiger charge is -2.13. The number of hydrogen-bond acceptors (Lipinski definition) is 3. The Morgan fingerprint density at radius 2 is 1.96 bits per heavy atom. The highest BCUT2D eigenvalue weighted by Crippen LogP contribution is 2.28. The first-order valence-electron chi connectivity index (χ1n) is 7.62. The summed E-state index contributed by atoms with van der Waals surface area (Å²) in [5.41, 5.74) is 0.690. The molecule has 1 unspecified atom stereocenters.